The second-order valence-electron chi connectivity index (χ2n) is 7.86. The van der Waals surface area contributed by atoms with Crippen LogP contribution in [-0.2, 0) is 11.2 Å². The number of carbonyl (C=O) groups is 2. The molecule has 4 rings (SSSR count). The average molecular weight is 431 g/mol. The monoisotopic (exact) mass is 430 g/mol. The van der Waals surface area contributed by atoms with Gasteiger partial charge in [0, 0.05) is 69.2 Å². The fourth-order valence-electron chi connectivity index (χ4n) is 3.59. The van der Waals surface area contributed by atoms with Gasteiger partial charge in [0.05, 0.1) is 0 Å². The highest BCUT2D eigenvalue weighted by atomic mass is 16.2. The maximum atomic E-state index is 12.7. The van der Waals surface area contributed by atoms with Gasteiger partial charge in [-0.15, -0.1) is 0 Å². The quantitative estimate of drug-likeness (QED) is 0.620. The third kappa shape index (κ3) is 4.91. The lowest BCUT2D eigenvalue weighted by molar-refractivity contribution is -0.117. The molecular weight excluding hydrogens is 404 g/mol. The van der Waals surface area contributed by atoms with Crippen molar-refractivity contribution in [3.8, 4) is 11.5 Å². The summed E-state index contributed by atoms with van der Waals surface area (Å²) >= 11 is 0. The number of amides is 2. The lowest BCUT2D eigenvalue weighted by atomic mass is 10.1. The normalized spacial score (nSPS) is 13.3. The van der Waals surface area contributed by atoms with Crippen LogP contribution in [0, 0.1) is 0 Å². The van der Waals surface area contributed by atoms with Crippen molar-refractivity contribution in [2.75, 3.05) is 37.0 Å². The number of pyridine rings is 1. The Balaban J connectivity index is 1.43. The molecule has 2 aromatic heterocycles. The van der Waals surface area contributed by atoms with Gasteiger partial charge in [-0.25, -0.2) is 9.97 Å². The first kappa shape index (κ1) is 21.4. The van der Waals surface area contributed by atoms with Crippen molar-refractivity contribution in [1.82, 2.24) is 20.3 Å². The van der Waals surface area contributed by atoms with E-state index < -0.39 is 0 Å². The van der Waals surface area contributed by atoms with E-state index in [4.69, 9.17) is 0 Å². The Kier molecular flexibility index (Phi) is 6.39. The van der Waals surface area contributed by atoms with Crippen LogP contribution >= 0.6 is 0 Å². The van der Waals surface area contributed by atoms with Crippen molar-refractivity contribution < 1.29 is 9.59 Å². The van der Waals surface area contributed by atoms with E-state index in [1.807, 2.05) is 55.4 Å². The maximum Gasteiger partial charge on any atom is 0.251 e. The van der Waals surface area contributed by atoms with Crippen LogP contribution in [0.1, 0.15) is 28.9 Å². The molecule has 0 atom stereocenters. The molecule has 1 N–H and O–H groups in total. The van der Waals surface area contributed by atoms with Crippen molar-refractivity contribution in [2.24, 2.45) is 0 Å². The Morgan fingerprint density at radius 1 is 1.12 bits per heavy atom. The molecule has 2 amide bonds. The van der Waals surface area contributed by atoms with E-state index in [2.05, 4.69) is 20.3 Å². The molecule has 0 radical (unpaired) electrons. The van der Waals surface area contributed by atoms with Crippen LogP contribution in [-0.4, -0.2) is 54.0 Å². The van der Waals surface area contributed by atoms with Crippen LogP contribution in [0.25, 0.3) is 11.5 Å². The average Bonchev–Trinajstić information content (AvgIpc) is 3.25. The maximum absolute atomic E-state index is 12.7. The fraction of sp³-hybridized carbons (Fsp3) is 0.292. The molecule has 0 unspecified atom stereocenters. The number of rotatable bonds is 7. The number of nitrogens with zero attached hydrogens (tertiary/aromatic N) is 5. The van der Waals surface area contributed by atoms with Crippen LogP contribution in [0.5, 0.6) is 0 Å². The first-order valence-corrected chi connectivity index (χ1v) is 10.7. The van der Waals surface area contributed by atoms with Crippen molar-refractivity contribution in [3.05, 3.63) is 66.0 Å². The highest BCUT2D eigenvalue weighted by Gasteiger charge is 2.22. The summed E-state index contributed by atoms with van der Waals surface area (Å²) in [6.07, 6.45) is 3.68. The predicted molar refractivity (Wildman–Crippen MR) is 124 cm³/mol. The summed E-state index contributed by atoms with van der Waals surface area (Å²) in [6, 6.07) is 14.7. The summed E-state index contributed by atoms with van der Waals surface area (Å²) in [5, 5.41) is 2.95. The second kappa shape index (κ2) is 9.55. The minimum Gasteiger partial charge on any atom is -0.363 e. The smallest absolute Gasteiger partial charge is 0.251 e. The fourth-order valence-corrected chi connectivity index (χ4v) is 3.59. The van der Waals surface area contributed by atoms with Crippen molar-refractivity contribution in [2.45, 2.75) is 19.3 Å². The number of carbonyl (C=O) groups excluding carboxylic acids is 2. The summed E-state index contributed by atoms with van der Waals surface area (Å²) in [7, 11) is 3.85. The molecule has 8 nitrogen and oxygen atoms in total. The number of nitrogens with one attached hydrogen (secondary N) is 1. The second-order valence-corrected chi connectivity index (χ2v) is 7.86. The number of anilines is 2. The van der Waals surface area contributed by atoms with E-state index in [0.717, 1.165) is 23.6 Å². The Hall–Kier alpha value is -3.81. The highest BCUT2D eigenvalue weighted by molar-refractivity contribution is 5.99. The van der Waals surface area contributed by atoms with Crippen molar-refractivity contribution in [1.29, 1.82) is 0 Å². The van der Waals surface area contributed by atoms with Crippen LogP contribution in [0.15, 0.2) is 54.7 Å². The van der Waals surface area contributed by atoms with Gasteiger partial charge >= 0.3 is 0 Å². The zero-order valence-electron chi connectivity index (χ0n) is 18.3. The van der Waals surface area contributed by atoms with Gasteiger partial charge in [0.15, 0.2) is 5.82 Å². The number of aromatic nitrogens is 3. The molecule has 1 aliphatic heterocycles. The van der Waals surface area contributed by atoms with Crippen molar-refractivity contribution >= 4 is 23.3 Å². The van der Waals surface area contributed by atoms with Crippen LogP contribution in [0.3, 0.4) is 0 Å². The topological polar surface area (TPSA) is 91.3 Å². The first-order valence-electron chi connectivity index (χ1n) is 10.7. The van der Waals surface area contributed by atoms with Crippen LogP contribution < -0.4 is 15.1 Å². The van der Waals surface area contributed by atoms with E-state index >= 15 is 0 Å². The predicted octanol–water partition coefficient (Wildman–Crippen LogP) is 2.70. The first-order chi connectivity index (χ1) is 15.5. The summed E-state index contributed by atoms with van der Waals surface area (Å²) in [5.74, 6) is 1.27. The lowest BCUT2D eigenvalue weighted by Crippen LogP contribution is -2.27. The Morgan fingerprint density at radius 2 is 2.00 bits per heavy atom. The van der Waals surface area contributed by atoms with Crippen LogP contribution in [0.4, 0.5) is 11.5 Å². The van der Waals surface area contributed by atoms with Gasteiger partial charge < -0.3 is 15.1 Å². The largest absolute Gasteiger partial charge is 0.363 e. The molecule has 32 heavy (non-hydrogen) atoms. The Labute approximate surface area is 187 Å². The van der Waals surface area contributed by atoms with Gasteiger partial charge in [-0.3, -0.25) is 14.6 Å². The van der Waals surface area contributed by atoms with Crippen molar-refractivity contribution in [3.63, 3.8) is 0 Å². The minimum absolute atomic E-state index is 0.103. The third-order valence-corrected chi connectivity index (χ3v) is 5.28. The number of benzene rings is 1. The standard InChI is InChI=1S/C24H26N6O2/c1-29(2)21-16-18(27-23(28-21)20-9-3-4-12-25-20)11-13-26-24(32)17-7-5-8-19(15-17)30-14-6-10-22(30)31/h3-5,7-9,12,15-16H,6,10-11,13-14H2,1-2H3,(H,26,32). The SMILES string of the molecule is CN(C)c1cc(CCNC(=O)c2cccc(N3CCCC3=O)c2)nc(-c2ccccn2)n1. The van der Waals surface area contributed by atoms with E-state index in [9.17, 15) is 9.59 Å². The lowest BCUT2D eigenvalue weighted by Gasteiger charge is -2.16. The summed E-state index contributed by atoms with van der Waals surface area (Å²) < 4.78 is 0. The molecule has 1 saturated heterocycles. The molecule has 0 aliphatic carbocycles. The molecule has 0 spiro atoms. The Bertz CT molecular complexity index is 1120. The summed E-state index contributed by atoms with van der Waals surface area (Å²) in [6.45, 7) is 1.13. The van der Waals surface area contributed by atoms with E-state index in [1.165, 1.54) is 0 Å². The molecule has 3 heterocycles. The van der Waals surface area contributed by atoms with Gasteiger partial charge in [0.2, 0.25) is 5.91 Å². The van der Waals surface area contributed by atoms with E-state index in [-0.39, 0.29) is 11.8 Å². The molecule has 8 heteroatoms. The molecule has 3 aromatic rings. The van der Waals surface area contributed by atoms with Gasteiger partial charge in [0.1, 0.15) is 11.5 Å². The van der Waals surface area contributed by atoms with E-state index in [0.29, 0.717) is 43.0 Å². The Morgan fingerprint density at radius 3 is 2.72 bits per heavy atom. The van der Waals surface area contributed by atoms with Gasteiger partial charge in [-0.2, -0.15) is 0 Å². The summed E-state index contributed by atoms with van der Waals surface area (Å²) in [4.78, 5) is 41.9. The van der Waals surface area contributed by atoms with Gasteiger partial charge in [0.25, 0.3) is 5.91 Å². The molecular formula is C24H26N6O2. The number of hydrogen-bond donors (Lipinski definition) is 1. The van der Waals surface area contributed by atoms with E-state index in [1.54, 1.807) is 23.2 Å². The third-order valence-electron chi connectivity index (χ3n) is 5.28. The highest BCUT2D eigenvalue weighted by Crippen LogP contribution is 2.22. The van der Waals surface area contributed by atoms with Gasteiger partial charge in [-0.05, 0) is 36.8 Å². The zero-order chi connectivity index (χ0) is 22.5. The number of hydrogen-bond acceptors (Lipinski definition) is 6. The molecule has 1 aromatic carbocycles. The van der Waals surface area contributed by atoms with Gasteiger partial charge in [-0.1, -0.05) is 12.1 Å². The minimum atomic E-state index is -0.176. The van der Waals surface area contributed by atoms with Crippen LogP contribution in [0.2, 0.25) is 0 Å². The molecule has 1 aliphatic rings. The molecule has 164 valence electrons. The summed E-state index contributed by atoms with van der Waals surface area (Å²) in [5.41, 5.74) is 2.83. The molecule has 0 saturated carbocycles. The zero-order valence-corrected chi connectivity index (χ0v) is 18.3. The molecule has 1 fully saturated rings. The molecule has 0 bridgehead atoms.